The summed E-state index contributed by atoms with van der Waals surface area (Å²) in [5.41, 5.74) is 5.99. The Morgan fingerprint density at radius 2 is 1.81 bits per heavy atom. The highest BCUT2D eigenvalue weighted by molar-refractivity contribution is 5.98. The summed E-state index contributed by atoms with van der Waals surface area (Å²) < 4.78 is 0. The van der Waals surface area contributed by atoms with Crippen LogP contribution in [0.4, 0.5) is 5.69 Å². The summed E-state index contributed by atoms with van der Waals surface area (Å²) >= 11 is 0. The van der Waals surface area contributed by atoms with Gasteiger partial charge >= 0.3 is 0 Å². The molecular weight excluding hydrogens is 398 g/mol. The largest absolute Gasteiger partial charge is 0.361 e. The van der Waals surface area contributed by atoms with Gasteiger partial charge in [-0.1, -0.05) is 48.5 Å². The Morgan fingerprint density at radius 3 is 2.62 bits per heavy atom. The first kappa shape index (κ1) is 20.1. The van der Waals surface area contributed by atoms with Gasteiger partial charge in [-0.2, -0.15) is 0 Å². The van der Waals surface area contributed by atoms with E-state index < -0.39 is 0 Å². The van der Waals surface area contributed by atoms with Gasteiger partial charge in [-0.05, 0) is 47.4 Å². The number of hydrogen-bond acceptors (Lipinski definition) is 2. The molecule has 2 amide bonds. The van der Waals surface area contributed by atoms with Gasteiger partial charge in [0.2, 0.25) is 5.91 Å². The zero-order valence-corrected chi connectivity index (χ0v) is 18.0. The number of H-pyrrole nitrogens is 1. The predicted molar refractivity (Wildman–Crippen MR) is 127 cm³/mol. The molecule has 0 saturated carbocycles. The fraction of sp³-hybridized carbons (Fsp3) is 0.185. The van der Waals surface area contributed by atoms with Crippen LogP contribution < -0.4 is 10.2 Å². The summed E-state index contributed by atoms with van der Waals surface area (Å²) in [6.07, 6.45) is 2.82. The summed E-state index contributed by atoms with van der Waals surface area (Å²) in [6.45, 7) is 2.73. The molecule has 0 bridgehead atoms. The second-order valence-corrected chi connectivity index (χ2v) is 8.23. The third-order valence-corrected chi connectivity index (χ3v) is 6.28. The van der Waals surface area contributed by atoms with E-state index in [1.165, 1.54) is 0 Å². The molecule has 3 aromatic carbocycles. The first-order valence-electron chi connectivity index (χ1n) is 10.9. The van der Waals surface area contributed by atoms with E-state index in [4.69, 9.17) is 0 Å². The van der Waals surface area contributed by atoms with Gasteiger partial charge in [0.1, 0.15) is 0 Å². The van der Waals surface area contributed by atoms with Crippen molar-refractivity contribution < 1.29 is 9.59 Å². The van der Waals surface area contributed by atoms with Crippen LogP contribution in [0, 0.1) is 0 Å². The molecule has 1 aromatic heterocycles. The van der Waals surface area contributed by atoms with E-state index in [1.807, 2.05) is 48.7 Å². The van der Waals surface area contributed by atoms with Gasteiger partial charge in [0.25, 0.3) is 5.91 Å². The van der Waals surface area contributed by atoms with E-state index >= 15 is 0 Å². The van der Waals surface area contributed by atoms with Crippen molar-refractivity contribution >= 4 is 28.4 Å². The summed E-state index contributed by atoms with van der Waals surface area (Å²) in [5.74, 6) is -0.0424. The van der Waals surface area contributed by atoms with Crippen LogP contribution >= 0.6 is 0 Å². The van der Waals surface area contributed by atoms with Gasteiger partial charge < -0.3 is 15.2 Å². The summed E-state index contributed by atoms with van der Waals surface area (Å²) in [4.78, 5) is 29.9. The Labute approximate surface area is 187 Å². The third kappa shape index (κ3) is 3.66. The summed E-state index contributed by atoms with van der Waals surface area (Å²) in [6, 6.07) is 24.1. The standard InChI is InChI=1S/C27H25N3O2/c1-18(31)30-14-13-20-15-21(11-12-26(20)30)27(32)29-16-23(19-7-3-2-4-8-19)24-17-28-25-10-6-5-9-22(24)25/h2-12,15,17,23,28H,13-14,16H2,1H3,(H,29,32). The number of aromatic nitrogens is 1. The van der Waals surface area contributed by atoms with Gasteiger partial charge in [0, 0.05) is 54.3 Å². The number of carbonyl (C=O) groups is 2. The Hall–Kier alpha value is -3.86. The fourth-order valence-corrected chi connectivity index (χ4v) is 4.64. The van der Waals surface area contributed by atoms with E-state index in [-0.39, 0.29) is 17.7 Å². The maximum Gasteiger partial charge on any atom is 0.251 e. The number of nitrogens with one attached hydrogen (secondary N) is 2. The van der Waals surface area contributed by atoms with Crippen LogP contribution in [0.2, 0.25) is 0 Å². The zero-order valence-electron chi connectivity index (χ0n) is 18.0. The molecule has 4 aromatic rings. The highest BCUT2D eigenvalue weighted by Crippen LogP contribution is 2.31. The molecule has 5 heteroatoms. The third-order valence-electron chi connectivity index (χ3n) is 6.28. The molecule has 1 unspecified atom stereocenters. The molecule has 0 aliphatic carbocycles. The second-order valence-electron chi connectivity index (χ2n) is 8.23. The van der Waals surface area contributed by atoms with Crippen LogP contribution in [0.1, 0.15) is 39.9 Å². The number of aromatic amines is 1. The van der Waals surface area contributed by atoms with Crippen LogP contribution in [-0.2, 0) is 11.2 Å². The highest BCUT2D eigenvalue weighted by Gasteiger charge is 2.24. The maximum atomic E-state index is 13.0. The number of para-hydroxylation sites is 1. The lowest BCUT2D eigenvalue weighted by molar-refractivity contribution is -0.116. The van der Waals surface area contributed by atoms with Gasteiger partial charge in [0.15, 0.2) is 0 Å². The number of anilines is 1. The van der Waals surface area contributed by atoms with Crippen molar-refractivity contribution in [3.63, 3.8) is 0 Å². The van der Waals surface area contributed by atoms with Crippen molar-refractivity contribution in [1.29, 1.82) is 0 Å². The molecule has 0 saturated heterocycles. The van der Waals surface area contributed by atoms with Crippen LogP contribution in [0.3, 0.4) is 0 Å². The van der Waals surface area contributed by atoms with E-state index in [1.54, 1.807) is 17.9 Å². The number of benzene rings is 3. The number of rotatable bonds is 5. The Kier molecular flexibility index (Phi) is 5.23. The van der Waals surface area contributed by atoms with Crippen molar-refractivity contribution in [2.75, 3.05) is 18.0 Å². The maximum absolute atomic E-state index is 13.0. The predicted octanol–water partition coefficient (Wildman–Crippen LogP) is 4.64. The first-order chi connectivity index (χ1) is 15.6. The normalized spacial score (nSPS) is 13.7. The molecule has 0 spiro atoms. The van der Waals surface area contributed by atoms with E-state index in [9.17, 15) is 9.59 Å². The highest BCUT2D eigenvalue weighted by atomic mass is 16.2. The van der Waals surface area contributed by atoms with Gasteiger partial charge in [-0.25, -0.2) is 0 Å². The minimum absolute atomic E-state index is 0.0268. The lowest BCUT2D eigenvalue weighted by Gasteiger charge is -2.19. The molecule has 1 aliphatic heterocycles. The Morgan fingerprint density at radius 1 is 1.03 bits per heavy atom. The van der Waals surface area contributed by atoms with Crippen LogP contribution in [0.5, 0.6) is 0 Å². The van der Waals surface area contributed by atoms with Crippen molar-refractivity contribution in [3.8, 4) is 0 Å². The van der Waals surface area contributed by atoms with E-state index in [2.05, 4.69) is 34.6 Å². The Balaban J connectivity index is 1.40. The molecule has 160 valence electrons. The first-order valence-corrected chi connectivity index (χ1v) is 10.9. The smallest absolute Gasteiger partial charge is 0.251 e. The number of amides is 2. The van der Waals surface area contributed by atoms with Gasteiger partial charge in [-0.3, -0.25) is 9.59 Å². The lowest BCUT2D eigenvalue weighted by atomic mass is 9.91. The van der Waals surface area contributed by atoms with Crippen molar-refractivity contribution in [2.45, 2.75) is 19.3 Å². The van der Waals surface area contributed by atoms with E-state index in [0.29, 0.717) is 18.7 Å². The zero-order chi connectivity index (χ0) is 22.1. The second kappa shape index (κ2) is 8.35. The van der Waals surface area contributed by atoms with Crippen molar-refractivity contribution in [3.05, 3.63) is 101 Å². The van der Waals surface area contributed by atoms with Crippen LogP contribution in [-0.4, -0.2) is 29.9 Å². The average molecular weight is 424 g/mol. The molecular formula is C27H25N3O2. The van der Waals surface area contributed by atoms with Gasteiger partial charge in [-0.15, -0.1) is 0 Å². The quantitative estimate of drug-likeness (QED) is 0.491. The molecule has 1 aliphatic rings. The monoisotopic (exact) mass is 423 g/mol. The summed E-state index contributed by atoms with van der Waals surface area (Å²) in [7, 11) is 0. The van der Waals surface area contributed by atoms with Crippen molar-refractivity contribution in [2.24, 2.45) is 0 Å². The number of carbonyl (C=O) groups excluding carboxylic acids is 2. The fourth-order valence-electron chi connectivity index (χ4n) is 4.64. The van der Waals surface area contributed by atoms with Crippen LogP contribution in [0.25, 0.3) is 10.9 Å². The minimum Gasteiger partial charge on any atom is -0.361 e. The molecule has 0 radical (unpaired) electrons. The molecule has 1 atom stereocenters. The SMILES string of the molecule is CC(=O)N1CCc2cc(C(=O)NCC(c3ccccc3)c3c[nH]c4ccccc34)ccc21. The van der Waals surface area contributed by atoms with Gasteiger partial charge in [0.05, 0.1) is 0 Å². The topological polar surface area (TPSA) is 65.2 Å². The molecule has 32 heavy (non-hydrogen) atoms. The molecule has 2 N–H and O–H groups in total. The number of nitrogens with zero attached hydrogens (tertiary/aromatic N) is 1. The van der Waals surface area contributed by atoms with Crippen molar-refractivity contribution in [1.82, 2.24) is 10.3 Å². The summed E-state index contributed by atoms with van der Waals surface area (Å²) in [5, 5.41) is 4.31. The minimum atomic E-state index is -0.102. The molecule has 5 nitrogen and oxygen atoms in total. The van der Waals surface area contributed by atoms with Crippen LogP contribution in [0.15, 0.2) is 79.0 Å². The Bertz CT molecular complexity index is 1290. The lowest BCUT2D eigenvalue weighted by Crippen LogP contribution is -2.29. The molecule has 2 heterocycles. The average Bonchev–Trinajstić information content (AvgIpc) is 3.44. The van der Waals surface area contributed by atoms with E-state index in [0.717, 1.165) is 39.7 Å². The molecule has 0 fully saturated rings. The number of hydrogen-bond donors (Lipinski definition) is 2. The molecule has 5 rings (SSSR count). The number of fused-ring (bicyclic) bond motifs is 2.